The lowest BCUT2D eigenvalue weighted by Gasteiger charge is -2.01. The summed E-state index contributed by atoms with van der Waals surface area (Å²) in [5.41, 5.74) is 12.8. The summed E-state index contributed by atoms with van der Waals surface area (Å²) in [6, 6.07) is 30.6. The van der Waals surface area contributed by atoms with Gasteiger partial charge in [-0.1, -0.05) is 12.1 Å². The number of hydrogen-bond donors (Lipinski definition) is 0. The predicted molar refractivity (Wildman–Crippen MR) is 206 cm³/mol. The Balaban J connectivity index is 0.000000118. The molecule has 0 saturated carbocycles. The molecule has 0 radical (unpaired) electrons. The highest BCUT2D eigenvalue weighted by Crippen LogP contribution is 2.43. The van der Waals surface area contributed by atoms with Crippen molar-refractivity contribution in [3.63, 3.8) is 0 Å². The minimum atomic E-state index is 0.887. The van der Waals surface area contributed by atoms with Crippen molar-refractivity contribution in [2.45, 2.75) is 26.2 Å². The molecule has 51 heavy (non-hydrogen) atoms. The molecule has 0 fully saturated rings. The van der Waals surface area contributed by atoms with Crippen molar-refractivity contribution in [1.29, 1.82) is 0 Å². The summed E-state index contributed by atoms with van der Waals surface area (Å²) >= 11 is 5.42. The minimum Gasteiger partial charge on any atom is -0.250 e. The van der Waals surface area contributed by atoms with Crippen LogP contribution in [0.1, 0.15) is 20.9 Å². The molecule has 0 aliphatic carbocycles. The molecular weight excluding hydrogens is 685 g/mol. The zero-order valence-corrected chi connectivity index (χ0v) is 29.7. The van der Waals surface area contributed by atoms with E-state index in [0.29, 0.717) is 0 Å². The lowest BCUT2D eigenvalue weighted by molar-refractivity contribution is -0.872. The Bertz CT molecular complexity index is 3030. The maximum atomic E-state index is 5.17. The molecule has 9 heteroatoms. The maximum Gasteiger partial charge on any atom is 0.345 e. The van der Waals surface area contributed by atoms with Gasteiger partial charge >= 0.3 is 13.3 Å². The number of hydrogen-bond acceptors (Lipinski definition) is 5. The van der Waals surface area contributed by atoms with Crippen LogP contribution in [0.4, 0.5) is 11.4 Å². The van der Waals surface area contributed by atoms with Gasteiger partial charge in [0.25, 0.3) is 22.1 Å². The monoisotopic (exact) mass is 712 g/mol. The lowest BCUT2D eigenvalue weighted by atomic mass is 9.99. The number of nitrogens with zero attached hydrogens (tertiary/aromatic N) is 6. The summed E-state index contributed by atoms with van der Waals surface area (Å²) < 4.78 is 9.37. The van der Waals surface area contributed by atoms with Gasteiger partial charge in [0, 0.05) is 56.6 Å². The minimum absolute atomic E-state index is 0.887. The molecular formula is C42H28N6S3+4. The Morgan fingerprint density at radius 1 is 0.431 bits per heavy atom. The molecule has 240 valence electrons. The zero-order valence-electron chi connectivity index (χ0n) is 27.3. The van der Waals surface area contributed by atoms with E-state index in [4.69, 9.17) is 9.98 Å². The third kappa shape index (κ3) is 4.02. The standard InChI is InChI=1S/C23H15N3S2.C19H13N3S/c1-4-14-16-12-17(18-7-8-20(28-18)19-6-3-11-27-19)24-21(16)15-5-2-10-26-13-25(9-1)22(14)23(15)26;1-4-12-14-10-15(16-6-3-9-23-16)20-17(14)13-5-2-8-22-11-21(7-1)18(12)19(13)22/h1-11H,12-13H2;1-9H,10-11H2/q2*+2. The SMILES string of the molecule is c1csc(-c2ccc(C3=Nc4c(c5ccc[n+]6c5c5c4ccc[n+]5C6)C3)s2)c1.c1csc(C2=Nc3c(c4ccc[n+]5c4c4c3ccc[n+]4C5)C2)c1. The molecule has 0 N–H and O–H groups in total. The van der Waals surface area contributed by atoms with Crippen LogP contribution in [-0.4, -0.2) is 11.4 Å². The molecule has 6 nitrogen and oxygen atoms in total. The van der Waals surface area contributed by atoms with Gasteiger partial charge in [0.1, 0.15) is 0 Å². The second-order valence-electron chi connectivity index (χ2n) is 13.5. The van der Waals surface area contributed by atoms with Gasteiger partial charge in [0.2, 0.25) is 0 Å². The van der Waals surface area contributed by atoms with Crippen LogP contribution in [0.3, 0.4) is 0 Å². The third-order valence-corrected chi connectivity index (χ3v) is 13.8. The molecule has 7 aromatic heterocycles. The van der Waals surface area contributed by atoms with Gasteiger partial charge in [0.15, 0.2) is 24.8 Å². The number of benzene rings is 2. The van der Waals surface area contributed by atoms with Crippen LogP contribution in [0.25, 0.3) is 53.4 Å². The quantitative estimate of drug-likeness (QED) is 0.132. The number of aliphatic imine (C=N–C) groups is 2. The van der Waals surface area contributed by atoms with Crippen molar-refractivity contribution in [1.82, 2.24) is 0 Å². The van der Waals surface area contributed by atoms with E-state index in [9.17, 15) is 0 Å². The van der Waals surface area contributed by atoms with Crippen molar-refractivity contribution < 1.29 is 18.3 Å². The molecule has 0 atom stereocenters. The molecule has 0 amide bonds. The van der Waals surface area contributed by atoms with Gasteiger partial charge in [-0.15, -0.1) is 52.3 Å². The van der Waals surface area contributed by atoms with E-state index < -0.39 is 0 Å². The Morgan fingerprint density at radius 3 is 1.39 bits per heavy atom. The van der Waals surface area contributed by atoms with Crippen LogP contribution in [0.5, 0.6) is 0 Å². The van der Waals surface area contributed by atoms with E-state index in [-0.39, 0.29) is 0 Å². The second kappa shape index (κ2) is 10.5. The highest BCUT2D eigenvalue weighted by molar-refractivity contribution is 7.22. The first-order valence-corrected chi connectivity index (χ1v) is 19.8. The molecule has 4 aliphatic rings. The van der Waals surface area contributed by atoms with Crippen LogP contribution in [0, 0.1) is 0 Å². The zero-order chi connectivity index (χ0) is 33.2. The topological polar surface area (TPSA) is 40.2 Å². The molecule has 2 aromatic carbocycles. The maximum absolute atomic E-state index is 5.17. The van der Waals surface area contributed by atoms with E-state index in [2.05, 4.69) is 139 Å². The van der Waals surface area contributed by atoms with Gasteiger partial charge < -0.3 is 0 Å². The largest absolute Gasteiger partial charge is 0.345 e. The van der Waals surface area contributed by atoms with Gasteiger partial charge in [0.05, 0.1) is 44.3 Å². The summed E-state index contributed by atoms with van der Waals surface area (Å²) in [5.74, 6) is 0. The van der Waals surface area contributed by atoms with Crippen LogP contribution in [0.2, 0.25) is 0 Å². The summed E-state index contributed by atoms with van der Waals surface area (Å²) in [6.07, 6.45) is 10.5. The molecule has 11 heterocycles. The highest BCUT2D eigenvalue weighted by Gasteiger charge is 2.37. The number of rotatable bonds is 3. The lowest BCUT2D eigenvalue weighted by Crippen LogP contribution is -2.45. The molecule has 13 rings (SSSR count). The number of fused-ring (bicyclic) bond motifs is 6. The summed E-state index contributed by atoms with van der Waals surface area (Å²) in [5, 5.41) is 9.51. The van der Waals surface area contributed by atoms with E-state index in [1.807, 2.05) is 11.3 Å². The molecule has 4 aliphatic heterocycles. The molecule has 0 unspecified atom stereocenters. The molecule has 0 bridgehead atoms. The van der Waals surface area contributed by atoms with Gasteiger partial charge in [-0.3, -0.25) is 9.98 Å². The Morgan fingerprint density at radius 2 is 0.882 bits per heavy atom. The van der Waals surface area contributed by atoms with Crippen LogP contribution in [0.15, 0.2) is 130 Å². The van der Waals surface area contributed by atoms with E-state index in [1.165, 1.54) is 91.4 Å². The Kier molecular flexibility index (Phi) is 5.83. The third-order valence-electron chi connectivity index (χ3n) is 10.7. The average molecular weight is 713 g/mol. The van der Waals surface area contributed by atoms with Crippen LogP contribution >= 0.6 is 34.0 Å². The van der Waals surface area contributed by atoms with Crippen molar-refractivity contribution in [2.24, 2.45) is 9.98 Å². The Labute approximate surface area is 304 Å². The van der Waals surface area contributed by atoms with E-state index in [0.717, 1.165) is 31.9 Å². The highest BCUT2D eigenvalue weighted by atomic mass is 32.1. The first-order chi connectivity index (χ1) is 25.3. The number of aromatic nitrogens is 4. The molecule has 0 spiro atoms. The fourth-order valence-corrected chi connectivity index (χ4v) is 11.1. The van der Waals surface area contributed by atoms with Crippen molar-refractivity contribution in [2.75, 3.05) is 0 Å². The summed E-state index contributed by atoms with van der Waals surface area (Å²) in [7, 11) is 0. The van der Waals surface area contributed by atoms with Gasteiger partial charge in [-0.2, -0.15) is 0 Å². The summed E-state index contributed by atoms with van der Waals surface area (Å²) in [4.78, 5) is 15.4. The van der Waals surface area contributed by atoms with Crippen molar-refractivity contribution >= 4 is 100 Å². The van der Waals surface area contributed by atoms with Crippen LogP contribution < -0.4 is 18.3 Å². The van der Waals surface area contributed by atoms with E-state index in [1.54, 1.807) is 22.7 Å². The first-order valence-electron chi connectivity index (χ1n) is 17.2. The fourth-order valence-electron chi connectivity index (χ4n) is 8.58. The molecule has 0 saturated heterocycles. The molecule has 9 aromatic rings. The Hall–Kier alpha value is -5.48. The van der Waals surface area contributed by atoms with Gasteiger partial charge in [-0.25, -0.2) is 0 Å². The van der Waals surface area contributed by atoms with Gasteiger partial charge in [-0.05, 0) is 70.4 Å². The van der Waals surface area contributed by atoms with E-state index >= 15 is 0 Å². The predicted octanol–water partition coefficient (Wildman–Crippen LogP) is 7.98. The normalized spacial score (nSPS) is 14.6. The van der Waals surface area contributed by atoms with Crippen molar-refractivity contribution in [3.05, 3.63) is 141 Å². The first kappa shape index (κ1) is 28.2. The van der Waals surface area contributed by atoms with Crippen molar-refractivity contribution in [3.8, 4) is 9.75 Å². The fraction of sp³-hybridized carbons (Fsp3) is 0.0952. The second-order valence-corrected chi connectivity index (χ2v) is 16.5. The van der Waals surface area contributed by atoms with Crippen LogP contribution in [-0.2, 0) is 26.2 Å². The number of pyridine rings is 4. The summed E-state index contributed by atoms with van der Waals surface area (Å²) in [6.45, 7) is 1.78. The number of thiophene rings is 3. The smallest absolute Gasteiger partial charge is 0.250 e. The average Bonchev–Trinajstić information content (AvgIpc) is 4.01.